The number of amides is 1. The van der Waals surface area contributed by atoms with E-state index in [1.165, 1.54) is 25.7 Å². The maximum Gasteiger partial charge on any atom is 0.287 e. The standard InChI is InChI=1S/C20H24ClNO3/c1-14-7-6-10-17(21)19(14)24-13-16-11-12-18(25-16)20(23)22-15-8-4-2-3-5-9-15/h6-7,10-12,15H,2-5,8-9,13H2,1H3,(H,22,23). The average molecular weight is 362 g/mol. The zero-order valence-corrected chi connectivity index (χ0v) is 15.3. The average Bonchev–Trinajstić information content (AvgIpc) is 2.92. The molecule has 1 aromatic carbocycles. The van der Waals surface area contributed by atoms with Crippen LogP contribution in [0, 0.1) is 6.92 Å². The van der Waals surface area contributed by atoms with Crippen molar-refractivity contribution in [1.29, 1.82) is 0 Å². The van der Waals surface area contributed by atoms with Crippen molar-refractivity contribution < 1.29 is 13.9 Å². The number of aryl methyl sites for hydroxylation is 1. The summed E-state index contributed by atoms with van der Waals surface area (Å²) in [5.41, 5.74) is 0.963. The van der Waals surface area contributed by atoms with Gasteiger partial charge in [0.25, 0.3) is 5.91 Å². The highest BCUT2D eigenvalue weighted by Crippen LogP contribution is 2.28. The predicted molar refractivity (Wildman–Crippen MR) is 98.2 cm³/mol. The molecule has 4 nitrogen and oxygen atoms in total. The largest absolute Gasteiger partial charge is 0.484 e. The van der Waals surface area contributed by atoms with Gasteiger partial charge >= 0.3 is 0 Å². The van der Waals surface area contributed by atoms with E-state index in [2.05, 4.69) is 5.32 Å². The van der Waals surface area contributed by atoms with Crippen molar-refractivity contribution in [1.82, 2.24) is 5.32 Å². The lowest BCUT2D eigenvalue weighted by molar-refractivity contribution is 0.0901. The Hall–Kier alpha value is -1.94. The fourth-order valence-electron chi connectivity index (χ4n) is 3.20. The van der Waals surface area contributed by atoms with Crippen molar-refractivity contribution in [3.05, 3.63) is 52.4 Å². The first-order chi connectivity index (χ1) is 12.1. The molecule has 1 fully saturated rings. The fraction of sp³-hybridized carbons (Fsp3) is 0.450. The van der Waals surface area contributed by atoms with Gasteiger partial charge in [-0.2, -0.15) is 0 Å². The first-order valence-corrected chi connectivity index (χ1v) is 9.29. The third-order valence-corrected chi connectivity index (χ3v) is 4.90. The van der Waals surface area contributed by atoms with E-state index >= 15 is 0 Å². The molecule has 1 saturated carbocycles. The minimum Gasteiger partial charge on any atom is -0.484 e. The van der Waals surface area contributed by atoms with Crippen LogP contribution >= 0.6 is 11.6 Å². The summed E-state index contributed by atoms with van der Waals surface area (Å²) in [5.74, 6) is 1.43. The molecule has 0 radical (unpaired) electrons. The Balaban J connectivity index is 1.57. The highest BCUT2D eigenvalue weighted by atomic mass is 35.5. The van der Waals surface area contributed by atoms with Gasteiger partial charge in [0.15, 0.2) is 5.76 Å². The molecule has 0 spiro atoms. The number of carbonyl (C=O) groups excluding carboxylic acids is 1. The van der Waals surface area contributed by atoms with Gasteiger partial charge in [-0.1, -0.05) is 49.4 Å². The minimum atomic E-state index is -0.146. The van der Waals surface area contributed by atoms with Crippen LogP contribution in [0.15, 0.2) is 34.7 Å². The summed E-state index contributed by atoms with van der Waals surface area (Å²) < 4.78 is 11.4. The molecule has 1 heterocycles. The van der Waals surface area contributed by atoms with Gasteiger partial charge in [0.1, 0.15) is 18.1 Å². The molecule has 1 amide bonds. The minimum absolute atomic E-state index is 0.146. The first kappa shape index (κ1) is 17.9. The molecule has 1 aliphatic carbocycles. The normalized spacial score (nSPS) is 15.6. The number of furan rings is 1. The SMILES string of the molecule is Cc1cccc(Cl)c1OCc1ccc(C(=O)NC2CCCCCC2)o1. The smallest absolute Gasteiger partial charge is 0.287 e. The third-order valence-electron chi connectivity index (χ3n) is 4.60. The first-order valence-electron chi connectivity index (χ1n) is 8.91. The van der Waals surface area contributed by atoms with Crippen LogP contribution < -0.4 is 10.1 Å². The summed E-state index contributed by atoms with van der Waals surface area (Å²) in [4.78, 5) is 12.4. The molecular formula is C20H24ClNO3. The number of hydrogen-bond acceptors (Lipinski definition) is 3. The van der Waals surface area contributed by atoms with E-state index in [0.29, 0.717) is 22.3 Å². The topological polar surface area (TPSA) is 51.5 Å². The Morgan fingerprint density at radius 2 is 1.96 bits per heavy atom. The summed E-state index contributed by atoms with van der Waals surface area (Å²) in [6, 6.07) is 9.34. The van der Waals surface area contributed by atoms with Gasteiger partial charge in [-0.3, -0.25) is 4.79 Å². The van der Waals surface area contributed by atoms with E-state index < -0.39 is 0 Å². The van der Waals surface area contributed by atoms with Crippen molar-refractivity contribution in [2.24, 2.45) is 0 Å². The fourth-order valence-corrected chi connectivity index (χ4v) is 3.48. The maximum absolute atomic E-state index is 12.4. The molecule has 0 saturated heterocycles. The molecule has 0 atom stereocenters. The second kappa shape index (κ2) is 8.43. The van der Waals surface area contributed by atoms with Gasteiger partial charge in [-0.25, -0.2) is 0 Å². The van der Waals surface area contributed by atoms with Gasteiger partial charge in [0, 0.05) is 6.04 Å². The highest BCUT2D eigenvalue weighted by Gasteiger charge is 2.18. The summed E-state index contributed by atoms with van der Waals surface area (Å²) in [7, 11) is 0. The van der Waals surface area contributed by atoms with Crippen molar-refractivity contribution in [2.45, 2.75) is 58.1 Å². The Morgan fingerprint density at radius 1 is 1.20 bits per heavy atom. The molecule has 1 N–H and O–H groups in total. The van der Waals surface area contributed by atoms with Gasteiger partial charge in [-0.15, -0.1) is 0 Å². The number of halogens is 1. The van der Waals surface area contributed by atoms with Crippen LogP contribution in [0.25, 0.3) is 0 Å². The van der Waals surface area contributed by atoms with Crippen LogP contribution in [0.4, 0.5) is 0 Å². The van der Waals surface area contributed by atoms with Crippen LogP contribution in [0.1, 0.15) is 60.4 Å². The second-order valence-electron chi connectivity index (χ2n) is 6.60. The lowest BCUT2D eigenvalue weighted by Gasteiger charge is -2.15. The van der Waals surface area contributed by atoms with Crippen molar-refractivity contribution in [3.63, 3.8) is 0 Å². The zero-order valence-electron chi connectivity index (χ0n) is 14.5. The monoisotopic (exact) mass is 361 g/mol. The highest BCUT2D eigenvalue weighted by molar-refractivity contribution is 6.32. The van der Waals surface area contributed by atoms with Crippen LogP contribution in [-0.4, -0.2) is 11.9 Å². The second-order valence-corrected chi connectivity index (χ2v) is 7.01. The van der Waals surface area contributed by atoms with Crippen LogP contribution in [-0.2, 0) is 6.61 Å². The van der Waals surface area contributed by atoms with Gasteiger partial charge in [0.05, 0.1) is 5.02 Å². The summed E-state index contributed by atoms with van der Waals surface area (Å²) >= 11 is 6.15. The number of para-hydroxylation sites is 1. The van der Waals surface area contributed by atoms with E-state index in [4.69, 9.17) is 20.8 Å². The Kier molecular flexibility index (Phi) is 6.03. The van der Waals surface area contributed by atoms with Gasteiger partial charge in [0.2, 0.25) is 0 Å². The van der Waals surface area contributed by atoms with E-state index in [1.807, 2.05) is 19.1 Å². The van der Waals surface area contributed by atoms with Crippen molar-refractivity contribution >= 4 is 17.5 Å². The molecule has 0 bridgehead atoms. The van der Waals surface area contributed by atoms with Crippen LogP contribution in [0.3, 0.4) is 0 Å². The number of carbonyl (C=O) groups is 1. The molecule has 1 aliphatic rings. The van der Waals surface area contributed by atoms with E-state index in [-0.39, 0.29) is 18.6 Å². The lowest BCUT2D eigenvalue weighted by Crippen LogP contribution is -2.34. The predicted octanol–water partition coefficient (Wildman–Crippen LogP) is 5.27. The Labute approximate surface area is 153 Å². The van der Waals surface area contributed by atoms with Crippen LogP contribution in [0.5, 0.6) is 5.75 Å². The molecular weight excluding hydrogens is 338 g/mol. The molecule has 0 aliphatic heterocycles. The number of hydrogen-bond donors (Lipinski definition) is 1. The number of rotatable bonds is 5. The van der Waals surface area contributed by atoms with E-state index in [0.717, 1.165) is 18.4 Å². The molecule has 5 heteroatoms. The molecule has 134 valence electrons. The molecule has 1 aromatic heterocycles. The Bertz CT molecular complexity index is 697. The lowest BCUT2D eigenvalue weighted by atomic mass is 10.1. The number of nitrogens with one attached hydrogen (secondary N) is 1. The van der Waals surface area contributed by atoms with E-state index in [1.54, 1.807) is 18.2 Å². The number of benzene rings is 1. The molecule has 25 heavy (non-hydrogen) atoms. The Morgan fingerprint density at radius 3 is 2.68 bits per heavy atom. The number of ether oxygens (including phenoxy) is 1. The summed E-state index contributed by atoms with van der Waals surface area (Å²) in [6.45, 7) is 2.18. The molecule has 3 rings (SSSR count). The third kappa shape index (κ3) is 4.79. The van der Waals surface area contributed by atoms with Crippen molar-refractivity contribution in [2.75, 3.05) is 0 Å². The zero-order chi connectivity index (χ0) is 17.6. The molecule has 0 unspecified atom stereocenters. The van der Waals surface area contributed by atoms with Crippen LogP contribution in [0.2, 0.25) is 5.02 Å². The van der Waals surface area contributed by atoms with Gasteiger partial charge < -0.3 is 14.5 Å². The van der Waals surface area contributed by atoms with Gasteiger partial charge in [-0.05, 0) is 43.5 Å². The quantitative estimate of drug-likeness (QED) is 0.738. The summed E-state index contributed by atoms with van der Waals surface area (Å²) in [6.07, 6.45) is 6.98. The van der Waals surface area contributed by atoms with E-state index in [9.17, 15) is 4.79 Å². The summed E-state index contributed by atoms with van der Waals surface area (Å²) in [5, 5.41) is 3.65. The van der Waals surface area contributed by atoms with Crippen molar-refractivity contribution in [3.8, 4) is 5.75 Å². The molecule has 2 aromatic rings. The maximum atomic E-state index is 12.4.